The minimum atomic E-state index is -0.616. The Labute approximate surface area is 220 Å². The SMILES string of the molecule is N=C/C=N\Nc1ncc(NC(=O)[C@@H]2c3cnc4cc(F)nn4c3[C@]3(c4cnn(CC5CC5)c4)CC23)cc1Cl. The van der Waals surface area contributed by atoms with E-state index in [9.17, 15) is 9.18 Å². The number of halogens is 2. The van der Waals surface area contributed by atoms with Crippen molar-refractivity contribution in [1.29, 1.82) is 5.41 Å². The zero-order valence-electron chi connectivity index (χ0n) is 20.0. The van der Waals surface area contributed by atoms with Gasteiger partial charge in [0.15, 0.2) is 11.5 Å². The summed E-state index contributed by atoms with van der Waals surface area (Å²) in [5.41, 5.74) is 5.51. The quantitative estimate of drug-likeness (QED) is 0.234. The van der Waals surface area contributed by atoms with Gasteiger partial charge in [0.05, 0.1) is 40.9 Å². The topological polar surface area (TPSA) is 138 Å². The summed E-state index contributed by atoms with van der Waals surface area (Å²) in [6.07, 6.45) is 12.5. The monoisotopic (exact) mass is 532 g/mol. The average molecular weight is 533 g/mol. The molecule has 0 saturated heterocycles. The average Bonchev–Trinajstić information content (AvgIpc) is 3.71. The van der Waals surface area contributed by atoms with Crippen LogP contribution < -0.4 is 10.7 Å². The Morgan fingerprint density at radius 1 is 1.29 bits per heavy atom. The highest BCUT2D eigenvalue weighted by atomic mass is 35.5. The second-order valence-electron chi connectivity index (χ2n) is 10.1. The van der Waals surface area contributed by atoms with Gasteiger partial charge in [0.2, 0.25) is 11.9 Å². The standard InChI is InChI=1S/C25H22ClFN10O/c26-18-5-15(9-30-23(18)34-31-4-3-28)33-24(38)21-16-10-29-20-6-19(27)35-37(20)22(16)25(7-17(21)25)14-8-32-36(12-14)11-13-1-2-13/h3-6,8-10,12-13,17,21,28H,1-2,7,11H2,(H,30,34)(H,33,38)/b28-3?,31-4-/t17?,21-,25+/m1/s1. The van der Waals surface area contributed by atoms with Crippen molar-refractivity contribution in [2.45, 2.75) is 37.1 Å². The predicted octanol–water partition coefficient (Wildman–Crippen LogP) is 3.61. The number of anilines is 2. The van der Waals surface area contributed by atoms with Gasteiger partial charge < -0.3 is 10.7 Å². The van der Waals surface area contributed by atoms with Gasteiger partial charge in [-0.1, -0.05) is 11.6 Å². The Balaban J connectivity index is 1.23. The number of rotatable bonds is 8. The minimum Gasteiger partial charge on any atom is -0.324 e. The summed E-state index contributed by atoms with van der Waals surface area (Å²) in [5, 5.41) is 22.7. The molecule has 0 bridgehead atoms. The van der Waals surface area contributed by atoms with Gasteiger partial charge in [-0.15, -0.1) is 5.10 Å². The summed E-state index contributed by atoms with van der Waals surface area (Å²) >= 11 is 6.31. The minimum absolute atomic E-state index is 0.0458. The Hall–Kier alpha value is -4.19. The van der Waals surface area contributed by atoms with E-state index in [2.05, 4.69) is 42.2 Å². The summed E-state index contributed by atoms with van der Waals surface area (Å²) in [7, 11) is 0. The van der Waals surface area contributed by atoms with Gasteiger partial charge >= 0.3 is 0 Å². The molecule has 0 radical (unpaired) electrons. The summed E-state index contributed by atoms with van der Waals surface area (Å²) < 4.78 is 17.7. The van der Waals surface area contributed by atoms with Crippen molar-refractivity contribution < 1.29 is 9.18 Å². The van der Waals surface area contributed by atoms with Crippen LogP contribution >= 0.6 is 11.6 Å². The fourth-order valence-electron chi connectivity index (χ4n) is 5.77. The van der Waals surface area contributed by atoms with Crippen LogP contribution in [0.1, 0.15) is 42.0 Å². The zero-order valence-corrected chi connectivity index (χ0v) is 20.7. The smallest absolute Gasteiger partial charge is 0.235 e. The number of amides is 1. The van der Waals surface area contributed by atoms with Crippen molar-refractivity contribution in [3.05, 3.63) is 64.7 Å². The summed E-state index contributed by atoms with van der Waals surface area (Å²) in [6, 6.07) is 2.88. The second-order valence-corrected chi connectivity index (χ2v) is 10.5. The third-order valence-corrected chi connectivity index (χ3v) is 7.95. The molecule has 2 saturated carbocycles. The number of carbonyl (C=O) groups excluding carboxylic acids is 1. The molecule has 38 heavy (non-hydrogen) atoms. The predicted molar refractivity (Wildman–Crippen MR) is 138 cm³/mol. The third kappa shape index (κ3) is 3.58. The number of pyridine rings is 1. The van der Waals surface area contributed by atoms with Gasteiger partial charge in [0.25, 0.3) is 0 Å². The maximum absolute atomic E-state index is 14.2. The molecule has 7 rings (SSSR count). The van der Waals surface area contributed by atoms with Crippen LogP contribution in [0.2, 0.25) is 5.02 Å². The number of carbonyl (C=O) groups is 1. The van der Waals surface area contributed by atoms with Gasteiger partial charge in [-0.2, -0.15) is 14.6 Å². The van der Waals surface area contributed by atoms with Crippen LogP contribution in [0.15, 0.2) is 42.0 Å². The largest absolute Gasteiger partial charge is 0.324 e. The van der Waals surface area contributed by atoms with E-state index >= 15 is 0 Å². The lowest BCUT2D eigenvalue weighted by Gasteiger charge is -2.16. The molecular formula is C25H22ClFN10O. The van der Waals surface area contributed by atoms with Gasteiger partial charge in [-0.3, -0.25) is 14.9 Å². The normalized spacial score (nSPS) is 23.4. The fourth-order valence-corrected chi connectivity index (χ4v) is 5.98. The molecule has 0 aliphatic heterocycles. The number of hydrazone groups is 1. The number of nitrogens with zero attached hydrogens (tertiary/aromatic N) is 7. The Morgan fingerprint density at radius 3 is 2.95 bits per heavy atom. The van der Waals surface area contributed by atoms with Gasteiger partial charge in [0.1, 0.15) is 0 Å². The first-order valence-corrected chi connectivity index (χ1v) is 12.7. The van der Waals surface area contributed by atoms with E-state index in [4.69, 9.17) is 17.0 Å². The molecule has 1 unspecified atom stereocenters. The first-order valence-electron chi connectivity index (χ1n) is 12.3. The van der Waals surface area contributed by atoms with Crippen LogP contribution in [-0.2, 0) is 16.8 Å². The molecule has 4 aromatic heterocycles. The number of fused-ring (bicyclic) bond motifs is 5. The van der Waals surface area contributed by atoms with Crippen LogP contribution in [0.5, 0.6) is 0 Å². The van der Waals surface area contributed by atoms with Crippen molar-refractivity contribution >= 4 is 47.1 Å². The fraction of sp³-hybridized carbons (Fsp3) is 0.320. The number of hydrogen-bond acceptors (Lipinski definition) is 8. The molecule has 2 fully saturated rings. The van der Waals surface area contributed by atoms with E-state index in [1.54, 1.807) is 16.8 Å². The lowest BCUT2D eigenvalue weighted by molar-refractivity contribution is -0.118. The first-order chi connectivity index (χ1) is 18.5. The van der Waals surface area contributed by atoms with E-state index in [1.807, 2.05) is 10.9 Å². The molecule has 192 valence electrons. The molecule has 0 spiro atoms. The van der Waals surface area contributed by atoms with Crippen molar-refractivity contribution in [3.8, 4) is 0 Å². The molecule has 0 aromatic carbocycles. The van der Waals surface area contributed by atoms with Gasteiger partial charge in [-0.05, 0) is 37.2 Å². The highest BCUT2D eigenvalue weighted by Crippen LogP contribution is 2.70. The molecule has 4 heterocycles. The van der Waals surface area contributed by atoms with E-state index in [0.29, 0.717) is 23.1 Å². The van der Waals surface area contributed by atoms with Crippen LogP contribution in [0, 0.1) is 23.2 Å². The van der Waals surface area contributed by atoms with Crippen molar-refractivity contribution in [2.24, 2.45) is 16.9 Å². The Bertz CT molecular complexity index is 1640. The highest BCUT2D eigenvalue weighted by molar-refractivity contribution is 6.33. The van der Waals surface area contributed by atoms with Crippen molar-refractivity contribution in [3.63, 3.8) is 0 Å². The first kappa shape index (κ1) is 23.0. The lowest BCUT2D eigenvalue weighted by Crippen LogP contribution is -2.22. The van der Waals surface area contributed by atoms with Crippen LogP contribution in [0.25, 0.3) is 5.65 Å². The van der Waals surface area contributed by atoms with E-state index in [0.717, 1.165) is 36.0 Å². The Morgan fingerprint density at radius 2 is 2.16 bits per heavy atom. The number of aromatic nitrogens is 6. The molecule has 3 aliphatic carbocycles. The van der Waals surface area contributed by atoms with Crippen LogP contribution in [0.4, 0.5) is 15.9 Å². The van der Waals surface area contributed by atoms with Gasteiger partial charge in [-0.25, -0.2) is 14.5 Å². The van der Waals surface area contributed by atoms with Crippen LogP contribution in [0.3, 0.4) is 0 Å². The molecule has 3 N–H and O–H groups in total. The molecule has 3 aliphatic rings. The molecule has 1 amide bonds. The van der Waals surface area contributed by atoms with E-state index in [-0.39, 0.29) is 16.8 Å². The van der Waals surface area contributed by atoms with Crippen molar-refractivity contribution in [2.75, 3.05) is 10.7 Å². The zero-order chi connectivity index (χ0) is 26.0. The molecule has 3 atom stereocenters. The van der Waals surface area contributed by atoms with Crippen molar-refractivity contribution in [1.82, 2.24) is 29.4 Å². The Kier molecular flexibility index (Phi) is 5.09. The highest BCUT2D eigenvalue weighted by Gasteiger charge is 2.69. The van der Waals surface area contributed by atoms with Gasteiger partial charge in [0, 0.05) is 47.8 Å². The van der Waals surface area contributed by atoms with E-state index in [1.165, 1.54) is 31.3 Å². The number of hydrogen-bond donors (Lipinski definition) is 3. The third-order valence-electron chi connectivity index (χ3n) is 7.66. The summed E-state index contributed by atoms with van der Waals surface area (Å²) in [4.78, 5) is 22.3. The molecule has 11 nitrogen and oxygen atoms in total. The second kappa shape index (κ2) is 8.42. The summed E-state index contributed by atoms with van der Waals surface area (Å²) in [6.45, 7) is 0.880. The lowest BCUT2D eigenvalue weighted by atomic mass is 9.95. The maximum atomic E-state index is 14.2. The molecular weight excluding hydrogens is 511 g/mol. The van der Waals surface area contributed by atoms with E-state index < -0.39 is 17.3 Å². The number of nitrogens with one attached hydrogen (secondary N) is 3. The summed E-state index contributed by atoms with van der Waals surface area (Å²) in [5.74, 6) is -0.438. The molecule has 4 aromatic rings. The maximum Gasteiger partial charge on any atom is 0.235 e. The molecule has 13 heteroatoms. The van der Waals surface area contributed by atoms with Crippen LogP contribution in [-0.4, -0.2) is 47.7 Å².